The van der Waals surface area contributed by atoms with Crippen LogP contribution in [0.5, 0.6) is 0 Å². The molecule has 21 heavy (non-hydrogen) atoms. The molecule has 1 aromatic carbocycles. The maximum atomic E-state index is 12.8. The first kappa shape index (κ1) is 15.7. The Balaban J connectivity index is 2.49. The Morgan fingerprint density at radius 1 is 1.19 bits per heavy atom. The molecule has 0 saturated carbocycles. The largest absolute Gasteiger partial charge is 0.377 e. The van der Waals surface area contributed by atoms with E-state index in [1.54, 1.807) is 38.1 Å². The third kappa shape index (κ3) is 2.73. The summed E-state index contributed by atoms with van der Waals surface area (Å²) < 4.78 is 30.7. The van der Waals surface area contributed by atoms with Gasteiger partial charge in [-0.3, -0.25) is 4.79 Å². The van der Waals surface area contributed by atoms with Crippen molar-refractivity contribution in [3.8, 4) is 0 Å². The fourth-order valence-corrected chi connectivity index (χ4v) is 4.14. The van der Waals surface area contributed by atoms with Gasteiger partial charge in [-0.2, -0.15) is 0 Å². The van der Waals surface area contributed by atoms with Crippen molar-refractivity contribution in [2.24, 2.45) is 0 Å². The summed E-state index contributed by atoms with van der Waals surface area (Å²) in [5.41, 5.74) is 1.86. The van der Waals surface area contributed by atoms with E-state index in [-0.39, 0.29) is 10.8 Å². The molecule has 6 heteroatoms. The van der Waals surface area contributed by atoms with E-state index in [0.29, 0.717) is 11.1 Å². The van der Waals surface area contributed by atoms with Crippen molar-refractivity contribution < 1.29 is 17.9 Å². The van der Waals surface area contributed by atoms with Gasteiger partial charge in [-0.05, 0) is 32.9 Å². The van der Waals surface area contributed by atoms with Crippen molar-refractivity contribution in [2.75, 3.05) is 7.11 Å². The Morgan fingerprint density at radius 2 is 1.76 bits per heavy atom. The lowest BCUT2D eigenvalue weighted by atomic mass is 10.1. The van der Waals surface area contributed by atoms with Gasteiger partial charge in [0, 0.05) is 18.3 Å². The van der Waals surface area contributed by atoms with E-state index in [2.05, 4.69) is 5.32 Å². The molecule has 0 saturated heterocycles. The van der Waals surface area contributed by atoms with E-state index < -0.39 is 21.3 Å². The molecule has 2 rings (SSSR count). The molecule has 1 amide bonds. The predicted octanol–water partition coefficient (Wildman–Crippen LogP) is 1.58. The van der Waals surface area contributed by atoms with Crippen LogP contribution < -0.4 is 5.32 Å². The van der Waals surface area contributed by atoms with E-state index >= 15 is 0 Å². The van der Waals surface area contributed by atoms with E-state index in [1.165, 1.54) is 7.11 Å². The van der Waals surface area contributed by atoms with Gasteiger partial charge in [-0.25, -0.2) is 8.42 Å². The molecule has 1 aliphatic heterocycles. The summed E-state index contributed by atoms with van der Waals surface area (Å²) >= 11 is 0. The number of amides is 1. The van der Waals surface area contributed by atoms with Crippen LogP contribution in [-0.4, -0.2) is 32.9 Å². The number of hydrogen-bond acceptors (Lipinski definition) is 4. The number of aryl methyl sites for hydroxylation is 1. The van der Waals surface area contributed by atoms with Crippen molar-refractivity contribution in [1.29, 1.82) is 0 Å². The molecule has 2 atom stereocenters. The third-order valence-electron chi connectivity index (χ3n) is 3.77. The first-order valence-electron chi connectivity index (χ1n) is 6.64. The zero-order chi connectivity index (χ0) is 15.8. The normalized spacial score (nSPS) is 20.6. The highest BCUT2D eigenvalue weighted by Crippen LogP contribution is 2.29. The van der Waals surface area contributed by atoms with Gasteiger partial charge in [0.2, 0.25) is 15.7 Å². The average molecular weight is 309 g/mol. The SMILES string of the molecule is COC(C)C1=C(C)C(=O)NC1S(=O)(=O)c1ccc(C)cc1. The molecule has 1 aromatic rings. The maximum absolute atomic E-state index is 12.8. The van der Waals surface area contributed by atoms with E-state index in [4.69, 9.17) is 4.74 Å². The predicted molar refractivity (Wildman–Crippen MR) is 79.5 cm³/mol. The summed E-state index contributed by atoms with van der Waals surface area (Å²) in [6, 6.07) is 6.58. The highest BCUT2D eigenvalue weighted by Gasteiger charge is 2.41. The lowest BCUT2D eigenvalue weighted by Gasteiger charge is -2.20. The molecule has 0 aliphatic carbocycles. The monoisotopic (exact) mass is 309 g/mol. The summed E-state index contributed by atoms with van der Waals surface area (Å²) in [7, 11) is -2.21. The van der Waals surface area contributed by atoms with Crippen molar-refractivity contribution in [2.45, 2.75) is 37.1 Å². The van der Waals surface area contributed by atoms with Gasteiger partial charge in [-0.1, -0.05) is 17.7 Å². The Kier molecular flexibility index (Phi) is 4.20. The lowest BCUT2D eigenvalue weighted by molar-refractivity contribution is -0.116. The minimum absolute atomic E-state index is 0.189. The minimum atomic E-state index is -3.70. The second-order valence-corrected chi connectivity index (χ2v) is 7.20. The van der Waals surface area contributed by atoms with Gasteiger partial charge in [0.25, 0.3) is 0 Å². The molecular formula is C15H19NO4S. The molecule has 1 aliphatic rings. The third-order valence-corrected chi connectivity index (χ3v) is 5.69. The Labute approximate surface area is 124 Å². The smallest absolute Gasteiger partial charge is 0.248 e. The van der Waals surface area contributed by atoms with Gasteiger partial charge in [0.05, 0.1) is 11.0 Å². The summed E-state index contributed by atoms with van der Waals surface area (Å²) in [6.07, 6.45) is -0.450. The fraction of sp³-hybridized carbons (Fsp3) is 0.400. The quantitative estimate of drug-likeness (QED) is 0.916. The summed E-state index contributed by atoms with van der Waals surface area (Å²) in [4.78, 5) is 12.0. The van der Waals surface area contributed by atoms with E-state index in [1.807, 2.05) is 6.92 Å². The zero-order valence-electron chi connectivity index (χ0n) is 12.5. The zero-order valence-corrected chi connectivity index (χ0v) is 13.3. The maximum Gasteiger partial charge on any atom is 0.248 e. The summed E-state index contributed by atoms with van der Waals surface area (Å²) in [6.45, 7) is 5.23. The van der Waals surface area contributed by atoms with Crippen molar-refractivity contribution in [1.82, 2.24) is 5.32 Å². The number of sulfone groups is 1. The molecule has 114 valence electrons. The highest BCUT2D eigenvalue weighted by molar-refractivity contribution is 7.92. The van der Waals surface area contributed by atoms with Crippen LogP contribution >= 0.6 is 0 Å². The number of hydrogen-bond donors (Lipinski definition) is 1. The summed E-state index contributed by atoms with van der Waals surface area (Å²) in [5.74, 6) is -0.366. The van der Waals surface area contributed by atoms with Crippen LogP contribution in [0.3, 0.4) is 0 Å². The lowest BCUT2D eigenvalue weighted by Crippen LogP contribution is -2.38. The molecular weight excluding hydrogens is 290 g/mol. The molecule has 1 N–H and O–H groups in total. The first-order valence-corrected chi connectivity index (χ1v) is 8.18. The number of ether oxygens (including phenoxy) is 1. The van der Waals surface area contributed by atoms with Gasteiger partial charge in [-0.15, -0.1) is 0 Å². The molecule has 0 spiro atoms. The molecule has 5 nitrogen and oxygen atoms in total. The van der Waals surface area contributed by atoms with E-state index in [0.717, 1.165) is 5.56 Å². The van der Waals surface area contributed by atoms with Crippen molar-refractivity contribution >= 4 is 15.7 Å². The number of carbonyl (C=O) groups is 1. The van der Waals surface area contributed by atoms with Crippen LogP contribution in [0.4, 0.5) is 0 Å². The van der Waals surface area contributed by atoms with Crippen LogP contribution in [0.25, 0.3) is 0 Å². The Hall–Kier alpha value is -1.66. The minimum Gasteiger partial charge on any atom is -0.377 e. The van der Waals surface area contributed by atoms with Crippen LogP contribution in [0.1, 0.15) is 19.4 Å². The first-order chi connectivity index (χ1) is 9.78. The molecule has 0 aromatic heterocycles. The Morgan fingerprint density at radius 3 is 2.29 bits per heavy atom. The van der Waals surface area contributed by atoms with Gasteiger partial charge in [0.15, 0.2) is 5.37 Å². The average Bonchev–Trinajstić information content (AvgIpc) is 2.75. The van der Waals surface area contributed by atoms with Crippen LogP contribution in [-0.2, 0) is 19.4 Å². The number of benzene rings is 1. The van der Waals surface area contributed by atoms with Crippen molar-refractivity contribution in [3.63, 3.8) is 0 Å². The fourth-order valence-electron chi connectivity index (χ4n) is 2.39. The van der Waals surface area contributed by atoms with E-state index in [9.17, 15) is 13.2 Å². The van der Waals surface area contributed by atoms with Gasteiger partial charge >= 0.3 is 0 Å². The van der Waals surface area contributed by atoms with Gasteiger partial charge in [0.1, 0.15) is 0 Å². The highest BCUT2D eigenvalue weighted by atomic mass is 32.2. The number of rotatable bonds is 4. The molecule has 2 unspecified atom stereocenters. The number of carbonyl (C=O) groups excluding carboxylic acids is 1. The topological polar surface area (TPSA) is 72.5 Å². The summed E-state index contributed by atoms with van der Waals surface area (Å²) in [5, 5.41) is 1.47. The second-order valence-electron chi connectivity index (χ2n) is 5.17. The standard InChI is InChI=1S/C15H19NO4S/c1-9-5-7-12(8-6-9)21(18,19)15-13(11(3)20-4)10(2)14(17)16-15/h5-8,11,15H,1-4H3,(H,16,17). The Bertz CT molecular complexity index is 689. The second kappa shape index (κ2) is 5.61. The molecule has 0 bridgehead atoms. The number of nitrogens with one attached hydrogen (secondary N) is 1. The molecule has 0 fully saturated rings. The van der Waals surface area contributed by atoms with Crippen molar-refractivity contribution in [3.05, 3.63) is 41.0 Å². The van der Waals surface area contributed by atoms with Gasteiger partial charge < -0.3 is 10.1 Å². The van der Waals surface area contributed by atoms with Crippen LogP contribution in [0.2, 0.25) is 0 Å². The van der Waals surface area contributed by atoms with Crippen LogP contribution in [0, 0.1) is 6.92 Å². The number of methoxy groups -OCH3 is 1. The van der Waals surface area contributed by atoms with Crippen LogP contribution in [0.15, 0.2) is 40.3 Å². The molecule has 1 heterocycles. The molecule has 0 radical (unpaired) electrons.